The molecule has 0 heterocycles. The third-order valence-electron chi connectivity index (χ3n) is 6.26. The monoisotopic (exact) mass is 652 g/mol. The van der Waals surface area contributed by atoms with Crippen molar-refractivity contribution in [3.05, 3.63) is 112 Å². The largest absolute Gasteiger partial charge is 0.482 e. The van der Waals surface area contributed by atoms with Gasteiger partial charge in [0.2, 0.25) is 10.0 Å². The highest BCUT2D eigenvalue weighted by molar-refractivity contribution is 9.10. The fraction of sp³-hybridized carbons (Fsp3) is 0.219. The minimum atomic E-state index is -3.43. The van der Waals surface area contributed by atoms with E-state index in [0.29, 0.717) is 42.6 Å². The van der Waals surface area contributed by atoms with Gasteiger partial charge in [-0.2, -0.15) is 0 Å². The second-order valence-corrected chi connectivity index (χ2v) is 12.2. The lowest BCUT2D eigenvalue weighted by molar-refractivity contribution is -0.145. The molecule has 0 fully saturated rings. The van der Waals surface area contributed by atoms with E-state index >= 15 is 0 Å². The molecule has 42 heavy (non-hydrogen) atoms. The maximum atomic E-state index is 12.0. The van der Waals surface area contributed by atoms with Crippen LogP contribution >= 0.6 is 15.9 Å². The number of nitrogens with one attached hydrogen (secondary N) is 1. The Morgan fingerprint density at radius 2 is 1.60 bits per heavy atom. The molecule has 0 aromatic heterocycles. The highest BCUT2D eigenvalue weighted by atomic mass is 79.9. The van der Waals surface area contributed by atoms with Gasteiger partial charge < -0.3 is 19.1 Å². The number of benzene rings is 4. The van der Waals surface area contributed by atoms with Crippen LogP contribution in [-0.2, 0) is 32.6 Å². The van der Waals surface area contributed by atoms with Gasteiger partial charge in [0.1, 0.15) is 17.2 Å². The van der Waals surface area contributed by atoms with Gasteiger partial charge in [-0.1, -0.05) is 58.4 Å². The zero-order chi connectivity index (χ0) is 30.1. The Bertz CT molecular complexity index is 1630. The number of sulfonamides is 1. The molecule has 8 nitrogen and oxygen atoms in total. The Labute approximate surface area is 255 Å². The topological polar surface area (TPSA) is 94.2 Å². The van der Waals surface area contributed by atoms with Gasteiger partial charge >= 0.3 is 5.97 Å². The van der Waals surface area contributed by atoms with E-state index in [1.54, 1.807) is 31.2 Å². The standard InChI is InChI=1S/C32H33BrN2O6S/c1-4-39-32(36)22-40-27-10-7-11-28(19-27)41-26-17-15-24(16-18-26)20-35(21-25-9-5-6-12-29(25)33)31-14-8-13-30(23(31)2)34-42(3,37)38/h5-19,34H,4,20-22H2,1-3H3. The van der Waals surface area contributed by atoms with Crippen LogP contribution in [0.5, 0.6) is 17.2 Å². The van der Waals surface area contributed by atoms with E-state index in [1.807, 2.05) is 67.6 Å². The number of esters is 1. The summed E-state index contributed by atoms with van der Waals surface area (Å²) in [5.41, 5.74) is 4.44. The molecule has 0 aliphatic heterocycles. The van der Waals surface area contributed by atoms with E-state index in [1.165, 1.54) is 0 Å². The molecule has 0 unspecified atom stereocenters. The molecular formula is C32H33BrN2O6S. The quantitative estimate of drug-likeness (QED) is 0.154. The third-order valence-corrected chi connectivity index (χ3v) is 7.62. The Balaban J connectivity index is 1.53. The van der Waals surface area contributed by atoms with Crippen LogP contribution in [0.3, 0.4) is 0 Å². The van der Waals surface area contributed by atoms with Gasteiger partial charge in [0.25, 0.3) is 0 Å². The van der Waals surface area contributed by atoms with Gasteiger partial charge in [-0.15, -0.1) is 0 Å². The van der Waals surface area contributed by atoms with Gasteiger partial charge in [-0.05, 0) is 73.0 Å². The molecule has 0 atom stereocenters. The first-order chi connectivity index (χ1) is 20.1. The van der Waals surface area contributed by atoms with Crippen molar-refractivity contribution in [3.63, 3.8) is 0 Å². The van der Waals surface area contributed by atoms with Crippen LogP contribution in [0.4, 0.5) is 11.4 Å². The fourth-order valence-electron chi connectivity index (χ4n) is 4.33. The predicted octanol–water partition coefficient (Wildman–Crippen LogP) is 7.07. The summed E-state index contributed by atoms with van der Waals surface area (Å²) in [7, 11) is -3.43. The summed E-state index contributed by atoms with van der Waals surface area (Å²) in [6, 6.07) is 28.5. The summed E-state index contributed by atoms with van der Waals surface area (Å²) < 4.78 is 44.0. The second kappa shape index (κ2) is 14.2. The minimum Gasteiger partial charge on any atom is -0.482 e. The van der Waals surface area contributed by atoms with Crippen molar-refractivity contribution in [1.82, 2.24) is 0 Å². The molecule has 0 amide bonds. The summed E-state index contributed by atoms with van der Waals surface area (Å²) >= 11 is 3.66. The van der Waals surface area contributed by atoms with Crippen LogP contribution in [0.1, 0.15) is 23.6 Å². The molecule has 4 rings (SSSR count). The molecule has 0 saturated heterocycles. The number of hydrogen-bond donors (Lipinski definition) is 1. The van der Waals surface area contributed by atoms with Crippen LogP contribution in [0.2, 0.25) is 0 Å². The van der Waals surface area contributed by atoms with Gasteiger partial charge in [0, 0.05) is 29.3 Å². The van der Waals surface area contributed by atoms with Crippen LogP contribution in [0.15, 0.2) is 95.5 Å². The maximum absolute atomic E-state index is 12.0. The lowest BCUT2D eigenvalue weighted by atomic mass is 10.1. The Hall–Kier alpha value is -4.02. The van der Waals surface area contributed by atoms with Crippen molar-refractivity contribution < 1.29 is 27.4 Å². The first-order valence-corrected chi connectivity index (χ1v) is 16.0. The van der Waals surface area contributed by atoms with Crippen LogP contribution in [0, 0.1) is 6.92 Å². The molecule has 220 valence electrons. The zero-order valence-corrected chi connectivity index (χ0v) is 26.1. The number of nitrogens with zero attached hydrogens (tertiary/aromatic N) is 1. The first kappa shape index (κ1) is 30.9. The predicted molar refractivity (Wildman–Crippen MR) is 169 cm³/mol. The molecule has 4 aromatic carbocycles. The average molecular weight is 654 g/mol. The van der Waals surface area contributed by atoms with Crippen molar-refractivity contribution in [2.24, 2.45) is 0 Å². The molecule has 1 N–H and O–H groups in total. The summed E-state index contributed by atoms with van der Waals surface area (Å²) in [5.74, 6) is 1.30. The first-order valence-electron chi connectivity index (χ1n) is 13.3. The normalized spacial score (nSPS) is 11.0. The number of anilines is 2. The average Bonchev–Trinajstić information content (AvgIpc) is 2.95. The van der Waals surface area contributed by atoms with Crippen LogP contribution in [0.25, 0.3) is 0 Å². The smallest absolute Gasteiger partial charge is 0.344 e. The van der Waals surface area contributed by atoms with Gasteiger partial charge in [-0.3, -0.25) is 4.72 Å². The molecule has 4 aromatic rings. The van der Waals surface area contributed by atoms with Gasteiger partial charge in [-0.25, -0.2) is 13.2 Å². The van der Waals surface area contributed by atoms with E-state index in [2.05, 4.69) is 31.6 Å². The Morgan fingerprint density at radius 3 is 2.31 bits per heavy atom. The van der Waals surface area contributed by atoms with Crippen molar-refractivity contribution in [3.8, 4) is 17.2 Å². The molecule has 0 aliphatic carbocycles. The van der Waals surface area contributed by atoms with E-state index in [0.717, 1.165) is 33.1 Å². The SMILES string of the molecule is CCOC(=O)COc1cccc(Oc2ccc(CN(Cc3ccccc3Br)c3cccc(NS(C)(=O)=O)c3C)cc2)c1. The molecule has 0 saturated carbocycles. The summed E-state index contributed by atoms with van der Waals surface area (Å²) in [4.78, 5) is 13.8. The summed E-state index contributed by atoms with van der Waals surface area (Å²) in [6.45, 7) is 4.96. The summed E-state index contributed by atoms with van der Waals surface area (Å²) in [5, 5.41) is 0. The lowest BCUT2D eigenvalue weighted by Gasteiger charge is -2.28. The van der Waals surface area contributed by atoms with E-state index < -0.39 is 16.0 Å². The van der Waals surface area contributed by atoms with E-state index in [4.69, 9.17) is 14.2 Å². The van der Waals surface area contributed by atoms with Gasteiger partial charge in [0.05, 0.1) is 18.6 Å². The maximum Gasteiger partial charge on any atom is 0.344 e. The number of hydrogen-bond acceptors (Lipinski definition) is 7. The Kier molecular flexibility index (Phi) is 10.5. The van der Waals surface area contributed by atoms with Crippen molar-refractivity contribution in [2.45, 2.75) is 26.9 Å². The summed E-state index contributed by atoms with van der Waals surface area (Å²) in [6.07, 6.45) is 1.15. The van der Waals surface area contributed by atoms with Crippen molar-refractivity contribution in [1.29, 1.82) is 0 Å². The molecule has 10 heteroatoms. The van der Waals surface area contributed by atoms with Crippen LogP contribution < -0.4 is 19.1 Å². The lowest BCUT2D eigenvalue weighted by Crippen LogP contribution is -2.24. The number of ether oxygens (including phenoxy) is 3. The second-order valence-electron chi connectivity index (χ2n) is 9.59. The van der Waals surface area contributed by atoms with Crippen LogP contribution in [-0.4, -0.2) is 33.9 Å². The molecule has 0 spiro atoms. The van der Waals surface area contributed by atoms with Gasteiger partial charge in [0.15, 0.2) is 6.61 Å². The Morgan fingerprint density at radius 1 is 0.881 bits per heavy atom. The van der Waals surface area contributed by atoms with E-state index in [-0.39, 0.29) is 6.61 Å². The minimum absolute atomic E-state index is 0.172. The number of halogens is 1. The fourth-order valence-corrected chi connectivity index (χ4v) is 5.36. The molecule has 0 radical (unpaired) electrons. The molecule has 0 bridgehead atoms. The van der Waals surface area contributed by atoms with Crippen molar-refractivity contribution >= 4 is 43.3 Å². The number of carbonyl (C=O) groups excluding carboxylic acids is 1. The molecular weight excluding hydrogens is 620 g/mol. The van der Waals surface area contributed by atoms with E-state index in [9.17, 15) is 13.2 Å². The molecule has 0 aliphatic rings. The third kappa shape index (κ3) is 8.99. The number of carbonyl (C=O) groups is 1. The number of rotatable bonds is 13. The van der Waals surface area contributed by atoms with Crippen molar-refractivity contribution in [2.75, 3.05) is 29.1 Å². The zero-order valence-electron chi connectivity index (χ0n) is 23.7. The highest BCUT2D eigenvalue weighted by Gasteiger charge is 2.16. The highest BCUT2D eigenvalue weighted by Crippen LogP contribution is 2.32.